The van der Waals surface area contributed by atoms with Crippen LogP contribution in [-0.4, -0.2) is 50.3 Å². The van der Waals surface area contributed by atoms with E-state index in [1.165, 1.54) is 5.56 Å². The van der Waals surface area contributed by atoms with Crippen molar-refractivity contribution in [2.75, 3.05) is 13.1 Å². The summed E-state index contributed by atoms with van der Waals surface area (Å²) in [4.78, 5) is 19.6. The highest BCUT2D eigenvalue weighted by molar-refractivity contribution is 5.92. The summed E-state index contributed by atoms with van der Waals surface area (Å²) in [5, 5.41) is 13.8. The van der Waals surface area contributed by atoms with Gasteiger partial charge in [0.15, 0.2) is 5.82 Å². The molecule has 29 heavy (non-hydrogen) atoms. The molecule has 1 saturated carbocycles. The Kier molecular flexibility index (Phi) is 4.43. The van der Waals surface area contributed by atoms with E-state index < -0.39 is 0 Å². The maximum Gasteiger partial charge on any atom is 0.269 e. The van der Waals surface area contributed by atoms with E-state index in [1.54, 1.807) is 12.3 Å². The lowest BCUT2D eigenvalue weighted by atomic mass is 9.80. The van der Waals surface area contributed by atoms with Crippen LogP contribution in [0.15, 0.2) is 47.1 Å². The first-order chi connectivity index (χ1) is 14.1. The van der Waals surface area contributed by atoms with Gasteiger partial charge in [0, 0.05) is 31.9 Å². The first-order valence-electron chi connectivity index (χ1n) is 10.00. The van der Waals surface area contributed by atoms with E-state index in [2.05, 4.69) is 54.8 Å². The topological polar surface area (TPSA) is 99.9 Å². The second kappa shape index (κ2) is 7.11. The van der Waals surface area contributed by atoms with Crippen molar-refractivity contribution in [3.05, 3.63) is 65.6 Å². The fraction of sp³-hybridized carbons (Fsp3) is 0.429. The molecule has 3 aromatic rings. The van der Waals surface area contributed by atoms with Crippen LogP contribution >= 0.6 is 0 Å². The van der Waals surface area contributed by atoms with Crippen LogP contribution in [0.3, 0.4) is 0 Å². The molecule has 8 heteroatoms. The van der Waals surface area contributed by atoms with Gasteiger partial charge in [0.2, 0.25) is 5.89 Å². The quantitative estimate of drug-likeness (QED) is 0.689. The maximum atomic E-state index is 12.5. The monoisotopic (exact) mass is 392 g/mol. The van der Waals surface area contributed by atoms with Gasteiger partial charge in [-0.3, -0.25) is 14.8 Å². The van der Waals surface area contributed by atoms with Crippen LogP contribution in [-0.2, 0) is 12.0 Å². The molecule has 1 aromatic carbocycles. The predicted molar refractivity (Wildman–Crippen MR) is 105 cm³/mol. The molecule has 0 bridgehead atoms. The summed E-state index contributed by atoms with van der Waals surface area (Å²) in [7, 11) is 0. The van der Waals surface area contributed by atoms with Gasteiger partial charge in [-0.15, -0.1) is 0 Å². The average molecular weight is 392 g/mol. The lowest BCUT2D eigenvalue weighted by molar-refractivity contribution is 0.0928. The molecule has 5 rings (SSSR count). The molecule has 2 aliphatic rings. The number of fused-ring (bicyclic) bond motifs is 1. The van der Waals surface area contributed by atoms with E-state index >= 15 is 0 Å². The number of nitrogens with one attached hydrogen (secondary N) is 2. The summed E-state index contributed by atoms with van der Waals surface area (Å²) in [5.74, 6) is 1.59. The van der Waals surface area contributed by atoms with Crippen molar-refractivity contribution in [3.8, 4) is 0 Å². The van der Waals surface area contributed by atoms with Crippen LogP contribution in [0, 0.1) is 12.8 Å². The SMILES string of the molecule is Cc1noc([C@]23C[C@H](NC(=O)c4ccn[nH]4)C[C@H]2CN(Cc2ccccc2)C3)n1. The van der Waals surface area contributed by atoms with Gasteiger partial charge >= 0.3 is 0 Å². The lowest BCUT2D eigenvalue weighted by Crippen LogP contribution is -2.38. The van der Waals surface area contributed by atoms with E-state index in [0.717, 1.165) is 32.5 Å². The first kappa shape index (κ1) is 18.1. The smallest absolute Gasteiger partial charge is 0.269 e. The predicted octanol–water partition coefficient (Wildman–Crippen LogP) is 2.06. The van der Waals surface area contributed by atoms with E-state index in [9.17, 15) is 4.79 Å². The van der Waals surface area contributed by atoms with Gasteiger partial charge in [-0.25, -0.2) is 0 Å². The van der Waals surface area contributed by atoms with Gasteiger partial charge < -0.3 is 9.84 Å². The normalized spacial score (nSPS) is 26.5. The van der Waals surface area contributed by atoms with Gasteiger partial charge in [-0.05, 0) is 37.3 Å². The highest BCUT2D eigenvalue weighted by Crippen LogP contribution is 2.50. The molecule has 1 aliphatic carbocycles. The molecule has 0 unspecified atom stereocenters. The molecular weight excluding hydrogens is 368 g/mol. The van der Waals surface area contributed by atoms with Crippen molar-refractivity contribution >= 4 is 5.91 Å². The Labute approximate surface area is 168 Å². The molecular formula is C21H24N6O2. The van der Waals surface area contributed by atoms with E-state index in [1.807, 2.05) is 13.0 Å². The molecule has 8 nitrogen and oxygen atoms in total. The Hall–Kier alpha value is -3.00. The minimum Gasteiger partial charge on any atom is -0.348 e. The van der Waals surface area contributed by atoms with E-state index in [-0.39, 0.29) is 17.4 Å². The third kappa shape index (κ3) is 3.33. The number of aromatic amines is 1. The van der Waals surface area contributed by atoms with Crippen molar-refractivity contribution in [1.29, 1.82) is 0 Å². The van der Waals surface area contributed by atoms with Gasteiger partial charge in [0.1, 0.15) is 5.69 Å². The van der Waals surface area contributed by atoms with Crippen LogP contribution in [0.25, 0.3) is 0 Å². The highest BCUT2D eigenvalue weighted by Gasteiger charge is 2.57. The molecule has 1 amide bonds. The van der Waals surface area contributed by atoms with Crippen molar-refractivity contribution < 1.29 is 9.32 Å². The van der Waals surface area contributed by atoms with Crippen LogP contribution in [0.1, 0.15) is 40.6 Å². The molecule has 2 N–H and O–H groups in total. The summed E-state index contributed by atoms with van der Waals surface area (Å²) >= 11 is 0. The molecule has 3 atom stereocenters. The minimum atomic E-state index is -0.220. The summed E-state index contributed by atoms with van der Waals surface area (Å²) in [5.41, 5.74) is 1.56. The van der Waals surface area contributed by atoms with Crippen molar-refractivity contribution in [1.82, 2.24) is 30.6 Å². The molecule has 3 heterocycles. The molecule has 1 saturated heterocycles. The second-order valence-electron chi connectivity index (χ2n) is 8.24. The summed E-state index contributed by atoms with van der Waals surface area (Å²) in [6.45, 7) is 4.55. The Morgan fingerprint density at radius 3 is 2.93 bits per heavy atom. The fourth-order valence-corrected chi connectivity index (χ4v) is 5.02. The third-order valence-electron chi connectivity index (χ3n) is 6.23. The Bertz CT molecular complexity index is 986. The third-order valence-corrected chi connectivity index (χ3v) is 6.23. The molecule has 150 valence electrons. The molecule has 2 fully saturated rings. The molecule has 0 radical (unpaired) electrons. The van der Waals surface area contributed by atoms with Crippen molar-refractivity contribution in [2.45, 2.75) is 37.8 Å². The summed E-state index contributed by atoms with van der Waals surface area (Å²) in [6, 6.07) is 12.3. The number of nitrogens with zero attached hydrogens (tertiary/aromatic N) is 4. The zero-order chi connectivity index (χ0) is 19.8. The van der Waals surface area contributed by atoms with Gasteiger partial charge in [0.25, 0.3) is 5.91 Å². The first-order valence-corrected chi connectivity index (χ1v) is 10.00. The largest absolute Gasteiger partial charge is 0.348 e. The van der Waals surface area contributed by atoms with Crippen molar-refractivity contribution in [3.63, 3.8) is 0 Å². The number of hydrogen-bond donors (Lipinski definition) is 2. The average Bonchev–Trinajstić information content (AvgIpc) is 3.46. The highest BCUT2D eigenvalue weighted by atomic mass is 16.5. The van der Waals surface area contributed by atoms with E-state index in [0.29, 0.717) is 23.3 Å². The number of carbonyl (C=O) groups excluding carboxylic acids is 1. The number of amides is 1. The number of likely N-dealkylation sites (tertiary alicyclic amines) is 1. The number of carbonyl (C=O) groups is 1. The number of hydrogen-bond acceptors (Lipinski definition) is 6. The Morgan fingerprint density at radius 2 is 2.21 bits per heavy atom. The van der Waals surface area contributed by atoms with Gasteiger partial charge in [-0.1, -0.05) is 35.5 Å². The number of aryl methyl sites for hydroxylation is 1. The number of H-pyrrole nitrogens is 1. The van der Waals surface area contributed by atoms with Crippen molar-refractivity contribution in [2.24, 2.45) is 5.92 Å². The lowest BCUT2D eigenvalue weighted by Gasteiger charge is -2.25. The minimum absolute atomic E-state index is 0.0712. The van der Waals surface area contributed by atoms with Crippen LogP contribution < -0.4 is 5.32 Å². The molecule has 0 spiro atoms. The zero-order valence-electron chi connectivity index (χ0n) is 16.3. The number of rotatable bonds is 5. The standard InChI is InChI=1S/C21H24N6O2/c1-14-23-20(29-26-14)21-10-17(24-19(28)18-7-8-22-25-18)9-16(21)12-27(13-21)11-15-5-3-2-4-6-15/h2-8,16-17H,9-13H2,1H3,(H,22,25)(H,24,28)/t16-,17+,21-/m0/s1. The Balaban J connectivity index is 1.36. The van der Waals surface area contributed by atoms with Gasteiger partial charge in [0.05, 0.1) is 5.41 Å². The van der Waals surface area contributed by atoms with E-state index in [4.69, 9.17) is 4.52 Å². The van der Waals surface area contributed by atoms with Crippen LogP contribution in [0.2, 0.25) is 0 Å². The second-order valence-corrected chi connectivity index (χ2v) is 8.24. The summed E-state index contributed by atoms with van der Waals surface area (Å²) in [6.07, 6.45) is 3.28. The number of aromatic nitrogens is 4. The zero-order valence-corrected chi connectivity index (χ0v) is 16.3. The maximum absolute atomic E-state index is 12.5. The Morgan fingerprint density at radius 1 is 1.34 bits per heavy atom. The molecule has 2 aromatic heterocycles. The van der Waals surface area contributed by atoms with Crippen LogP contribution in [0.5, 0.6) is 0 Å². The summed E-state index contributed by atoms with van der Waals surface area (Å²) < 4.78 is 5.66. The molecule has 1 aliphatic heterocycles. The fourth-order valence-electron chi connectivity index (χ4n) is 5.02. The number of benzene rings is 1. The van der Waals surface area contributed by atoms with Crippen LogP contribution in [0.4, 0.5) is 0 Å². The van der Waals surface area contributed by atoms with Gasteiger partial charge in [-0.2, -0.15) is 10.1 Å².